The van der Waals surface area contributed by atoms with Gasteiger partial charge < -0.3 is 139 Å². The van der Waals surface area contributed by atoms with E-state index in [2.05, 4.69) is 21.3 Å². The molecule has 4 saturated heterocycles. The van der Waals surface area contributed by atoms with E-state index in [9.17, 15) is 94.8 Å². The largest absolute Gasteiger partial charge is 0.479 e. The lowest BCUT2D eigenvalue weighted by Gasteiger charge is -2.49. The van der Waals surface area contributed by atoms with Crippen molar-refractivity contribution in [3.05, 3.63) is 0 Å². The van der Waals surface area contributed by atoms with Crippen LogP contribution in [0.15, 0.2) is 0 Å². The van der Waals surface area contributed by atoms with Crippen LogP contribution in [0, 0.1) is 41.4 Å². The lowest BCUT2D eigenvalue weighted by atomic mass is 9.74. The Bertz CT molecular complexity index is 2860. The van der Waals surface area contributed by atoms with Crippen LogP contribution in [0.3, 0.4) is 0 Å². The minimum Gasteiger partial charge on any atom is -0.479 e. The van der Waals surface area contributed by atoms with Gasteiger partial charge >= 0.3 is 11.9 Å². The third kappa shape index (κ3) is 26.1. The van der Waals surface area contributed by atoms with E-state index in [1.807, 2.05) is 13.8 Å². The number of nitrogens with one attached hydrogen (secondary N) is 4. The van der Waals surface area contributed by atoms with E-state index in [1.165, 1.54) is 20.8 Å². The van der Waals surface area contributed by atoms with Crippen LogP contribution in [0.5, 0.6) is 0 Å². The molecule has 0 bridgehead atoms. The van der Waals surface area contributed by atoms with E-state index in [4.69, 9.17) is 56.8 Å². The molecule has 0 unspecified atom stereocenters. The highest BCUT2D eigenvalue weighted by Gasteiger charge is 2.55. The summed E-state index contributed by atoms with van der Waals surface area (Å²) in [6.07, 6.45) is -20.9. The molecule has 0 radical (unpaired) electrons. The number of carbonyl (C=O) groups is 7. The SMILES string of the molecule is CC[C@H]1C[C@@H](C(=O)NCCNC(=O)CCOCCOCCC(=O)NCCCC(=O)[C@@H]2C[C@H](CC)[C@@H](O[C@@H]3O[C@@H](C)[C@@H](O)[C@@H](O)[C@@H]3O)[C@H](O[C@@H]3O[C@H](CO)[C@H](O)[C@H](O[C@@H](CC4CCCCC4)C(=O)O)[C@H]3NC(C)=O)C2)C[C@@H](O[C@@H]2O[C@H](CO)[C@H](O)[C@H](O[C@@H](CC3CCCCC3)C(=O)O)[C@H]2C)[C@@H]1O[C@@H]1O[C@@H](C)[C@@H](O)[C@@H](O)[C@@H]1O. The summed E-state index contributed by atoms with van der Waals surface area (Å²) >= 11 is 0. The zero-order valence-corrected chi connectivity index (χ0v) is 65.0. The van der Waals surface area contributed by atoms with Crippen LogP contribution >= 0.6 is 0 Å². The van der Waals surface area contributed by atoms with Gasteiger partial charge in [-0.2, -0.15) is 0 Å². The van der Waals surface area contributed by atoms with Gasteiger partial charge in [-0.1, -0.05) is 97.8 Å². The first-order chi connectivity index (χ1) is 53.0. The van der Waals surface area contributed by atoms with Gasteiger partial charge in [-0.25, -0.2) is 9.59 Å². The molecule has 4 heterocycles. The Morgan fingerprint density at radius 2 is 0.901 bits per heavy atom. The third-order valence-corrected chi connectivity index (χ3v) is 23.7. The summed E-state index contributed by atoms with van der Waals surface area (Å²) in [7, 11) is 0. The van der Waals surface area contributed by atoms with Gasteiger partial charge in [0.15, 0.2) is 37.4 Å². The highest BCUT2D eigenvalue weighted by Crippen LogP contribution is 2.44. The number of amides is 4. The maximum absolute atomic E-state index is 14.2. The molecule has 0 aromatic rings. The standard InChI is InChI=1S/C76H128N4O31/c1-7-44-32-46(34-49(67(44)110-75-64(93)62(91)58(87)39(4)102-75)107-74-57(80-41(6)83)69(61(90)54(37-82)109-74)105-52(72(98)99)31-43-18-13-10-14-19-43)48(84)20-15-23-77-55(85)21-26-100-28-29-101-27-22-56(86)78-24-25-79-70(95)47-33-45(8-2)68(111-76-65(94)63(92)59(88)40(5)103-76)50(35-47)106-73-38(3)66(60(89)53(36-81)108-73)104-51(71(96)97)30-42-16-11-9-12-17-42/h38-40,42-47,49-54,57-69,73-76,81-82,87-94H,7-37H2,1-6H3,(H,77,85)(H,78,86)(H,79,95)(H,80,83)(H,96,97)(H,98,99)/t38-,39+,40+,44+,45+,46-,47-,49-,50-,51+,52+,53-,54-,57-,58-,59-,60+,61+,62-,63-,64+,65+,66-,67-,68-,69-,73-,74-,75+,76+/m1/s1. The number of aliphatic carboxylic acids is 2. The Labute approximate surface area is 648 Å². The van der Waals surface area contributed by atoms with Gasteiger partial charge in [0, 0.05) is 63.6 Å². The van der Waals surface area contributed by atoms with Crippen molar-refractivity contribution < 1.29 is 152 Å². The summed E-state index contributed by atoms with van der Waals surface area (Å²) in [4.78, 5) is 92.3. The predicted octanol–water partition coefficient (Wildman–Crippen LogP) is -0.520. The summed E-state index contributed by atoms with van der Waals surface area (Å²) in [5.41, 5.74) is 0. The van der Waals surface area contributed by atoms with Crippen molar-refractivity contribution in [3.63, 3.8) is 0 Å². The van der Waals surface area contributed by atoms with Gasteiger partial charge in [0.25, 0.3) is 0 Å². The highest BCUT2D eigenvalue weighted by atomic mass is 16.7. The van der Waals surface area contributed by atoms with E-state index in [-0.39, 0.29) is 146 Å². The predicted molar refractivity (Wildman–Crippen MR) is 387 cm³/mol. The number of rotatable bonds is 41. The van der Waals surface area contributed by atoms with E-state index in [1.54, 1.807) is 6.92 Å². The van der Waals surface area contributed by atoms with Gasteiger partial charge in [0.05, 0.1) is 82.4 Å². The number of aliphatic hydroxyl groups is 10. The second-order valence-electron chi connectivity index (χ2n) is 31.7. The topological polar surface area (TPSA) is 521 Å². The van der Waals surface area contributed by atoms with Crippen molar-refractivity contribution in [1.82, 2.24) is 21.3 Å². The van der Waals surface area contributed by atoms with Crippen LogP contribution in [0.2, 0.25) is 0 Å². The fourth-order valence-electron chi connectivity index (χ4n) is 17.1. The first-order valence-corrected chi connectivity index (χ1v) is 40.5. The Morgan fingerprint density at radius 3 is 1.38 bits per heavy atom. The Morgan fingerprint density at radius 1 is 0.459 bits per heavy atom. The molecule has 16 N–H and O–H groups in total. The number of Topliss-reactive ketones (excluding diaryl/α,β-unsaturated/α-hetero) is 1. The molecule has 4 aliphatic carbocycles. The zero-order valence-electron chi connectivity index (χ0n) is 65.0. The van der Waals surface area contributed by atoms with Crippen LogP contribution in [0.1, 0.15) is 183 Å². The first-order valence-electron chi connectivity index (χ1n) is 40.5. The van der Waals surface area contributed by atoms with E-state index in [0.29, 0.717) is 12.8 Å². The molecule has 8 fully saturated rings. The minimum absolute atomic E-state index is 0.00903. The molecule has 4 amide bonds. The number of hydrogen-bond donors (Lipinski definition) is 16. The normalized spacial score (nSPS) is 37.8. The number of hydrogen-bond acceptors (Lipinski definition) is 29. The first kappa shape index (κ1) is 92.1. The van der Waals surface area contributed by atoms with Crippen molar-refractivity contribution in [2.75, 3.05) is 59.3 Å². The van der Waals surface area contributed by atoms with Crippen molar-refractivity contribution in [1.29, 1.82) is 0 Å². The van der Waals surface area contributed by atoms with Gasteiger partial charge in [-0.3, -0.25) is 24.0 Å². The van der Waals surface area contributed by atoms with Crippen molar-refractivity contribution in [2.45, 2.75) is 336 Å². The van der Waals surface area contributed by atoms with Gasteiger partial charge in [0.1, 0.15) is 79.0 Å². The Hall–Kier alpha value is -4.39. The van der Waals surface area contributed by atoms with Crippen LogP contribution in [-0.2, 0) is 90.4 Å². The lowest BCUT2D eigenvalue weighted by molar-refractivity contribution is -0.343. The number of carboxylic acid groups (broad SMARTS) is 2. The number of carbonyl (C=O) groups excluding carboxylic acids is 5. The maximum atomic E-state index is 14.2. The van der Waals surface area contributed by atoms with Crippen molar-refractivity contribution >= 4 is 41.4 Å². The van der Waals surface area contributed by atoms with Gasteiger partial charge in [-0.05, 0) is 82.5 Å². The lowest BCUT2D eigenvalue weighted by Crippen LogP contribution is -2.67. The van der Waals surface area contributed by atoms with E-state index < -0.39 is 214 Å². The second-order valence-corrected chi connectivity index (χ2v) is 31.7. The highest BCUT2D eigenvalue weighted by molar-refractivity contribution is 5.81. The monoisotopic (exact) mass is 1590 g/mol. The fourth-order valence-corrected chi connectivity index (χ4v) is 17.1. The molecule has 0 spiro atoms. The molecule has 111 heavy (non-hydrogen) atoms. The molecule has 4 saturated carbocycles. The van der Waals surface area contributed by atoms with Gasteiger partial charge in [-0.15, -0.1) is 0 Å². The molecule has 30 atom stereocenters. The van der Waals surface area contributed by atoms with Gasteiger partial charge in [0.2, 0.25) is 23.6 Å². The number of carboxylic acids is 2. The molecule has 8 rings (SSSR count). The molecule has 0 aromatic heterocycles. The molecule has 638 valence electrons. The second kappa shape index (κ2) is 45.4. The Balaban J connectivity index is 0.764. The number of aliphatic hydroxyl groups excluding tert-OH is 10. The molecular formula is C76H128N4O31. The zero-order chi connectivity index (χ0) is 80.8. The smallest absolute Gasteiger partial charge is 0.332 e. The average Bonchev–Trinajstić information content (AvgIpc) is 0.777. The van der Waals surface area contributed by atoms with Crippen molar-refractivity contribution in [2.24, 2.45) is 41.4 Å². The third-order valence-electron chi connectivity index (χ3n) is 23.7. The molecule has 35 nitrogen and oxygen atoms in total. The summed E-state index contributed by atoms with van der Waals surface area (Å²) in [5, 5.41) is 140. The minimum atomic E-state index is -1.71. The quantitative estimate of drug-likeness (QED) is 0.0343. The summed E-state index contributed by atoms with van der Waals surface area (Å²) in [5.74, 6) is -7.25. The van der Waals surface area contributed by atoms with Crippen LogP contribution in [0.25, 0.3) is 0 Å². The average molecular weight is 1590 g/mol. The maximum Gasteiger partial charge on any atom is 0.332 e. The summed E-state index contributed by atoms with van der Waals surface area (Å²) in [6, 6.07) is -1.36. The van der Waals surface area contributed by atoms with E-state index >= 15 is 0 Å². The molecule has 0 aromatic carbocycles. The molecule has 8 aliphatic rings. The van der Waals surface area contributed by atoms with Crippen molar-refractivity contribution in [3.8, 4) is 0 Å². The summed E-state index contributed by atoms with van der Waals surface area (Å²) in [6.45, 7) is 8.74. The van der Waals surface area contributed by atoms with Crippen LogP contribution in [0.4, 0.5) is 0 Å². The number of ether oxygens (including phenoxy) is 12. The molecule has 35 heteroatoms. The molecular weight excluding hydrogens is 1460 g/mol. The fraction of sp³-hybridized carbons (Fsp3) is 0.908. The molecule has 4 aliphatic heterocycles. The van der Waals surface area contributed by atoms with Crippen LogP contribution < -0.4 is 21.3 Å². The van der Waals surface area contributed by atoms with Crippen LogP contribution in [-0.4, -0.2) is 315 Å². The van der Waals surface area contributed by atoms with E-state index in [0.717, 1.165) is 64.2 Å². The summed E-state index contributed by atoms with van der Waals surface area (Å²) < 4.78 is 74.0. The number of ketones is 1. The Kier molecular flexibility index (Phi) is 37.7.